The van der Waals surface area contributed by atoms with Crippen molar-refractivity contribution in [3.8, 4) is 0 Å². The Kier molecular flexibility index (Phi) is 4.83. The third-order valence-electron chi connectivity index (χ3n) is 6.90. The number of nitrogens with one attached hydrogen (secondary N) is 1. The van der Waals surface area contributed by atoms with Crippen LogP contribution in [0.4, 0.5) is 4.39 Å². The number of rotatable bonds is 3. The van der Waals surface area contributed by atoms with Crippen LogP contribution in [0.15, 0.2) is 0 Å². The molecule has 5 heteroatoms. The predicted molar refractivity (Wildman–Crippen MR) is 88.3 cm³/mol. The maximum atomic E-state index is 13.5. The van der Waals surface area contributed by atoms with Crippen LogP contribution in [-0.4, -0.2) is 43.5 Å². The van der Waals surface area contributed by atoms with E-state index in [0.29, 0.717) is 43.2 Å². The Bertz CT molecular complexity index is 466. The molecule has 0 aromatic rings. The molecule has 4 rings (SSSR count). The monoisotopic (exact) mass is 339 g/mol. The van der Waals surface area contributed by atoms with Crippen molar-refractivity contribution in [2.24, 2.45) is 23.7 Å². The van der Waals surface area contributed by atoms with Gasteiger partial charge in [-0.1, -0.05) is 0 Å². The van der Waals surface area contributed by atoms with Crippen LogP contribution in [0.5, 0.6) is 0 Å². The summed E-state index contributed by atoms with van der Waals surface area (Å²) < 4.78 is 25.4. The van der Waals surface area contributed by atoms with Crippen LogP contribution in [0.3, 0.4) is 0 Å². The van der Waals surface area contributed by atoms with Crippen LogP contribution in [0.25, 0.3) is 0 Å². The van der Waals surface area contributed by atoms with Crippen molar-refractivity contribution in [1.29, 1.82) is 0 Å². The molecule has 2 aliphatic carbocycles. The van der Waals surface area contributed by atoms with E-state index in [9.17, 15) is 9.18 Å². The molecule has 0 radical (unpaired) electrons. The van der Waals surface area contributed by atoms with Gasteiger partial charge in [-0.15, -0.1) is 0 Å². The van der Waals surface area contributed by atoms with Crippen molar-refractivity contribution in [3.63, 3.8) is 0 Å². The first kappa shape index (κ1) is 16.8. The minimum absolute atomic E-state index is 0.0645. The Morgan fingerprint density at radius 2 is 1.96 bits per heavy atom. The summed E-state index contributed by atoms with van der Waals surface area (Å²) in [5, 5.41) is 3.59. The van der Waals surface area contributed by atoms with Crippen LogP contribution in [0.2, 0.25) is 0 Å². The quantitative estimate of drug-likeness (QED) is 0.803. The molecule has 6 unspecified atom stereocenters. The molecule has 4 nitrogen and oxygen atoms in total. The molecule has 4 aliphatic rings. The Balaban J connectivity index is 1.53. The number of alkyl halides is 1. The lowest BCUT2D eigenvalue weighted by molar-refractivity contribution is -0.152. The van der Waals surface area contributed by atoms with Gasteiger partial charge in [-0.3, -0.25) is 4.79 Å². The molecule has 6 atom stereocenters. The maximum absolute atomic E-state index is 13.5. The average molecular weight is 339 g/mol. The minimum Gasteiger partial charge on any atom is -0.466 e. The summed E-state index contributed by atoms with van der Waals surface area (Å²) in [5.41, 5.74) is 0. The lowest BCUT2D eigenvalue weighted by Gasteiger charge is -2.35. The largest absolute Gasteiger partial charge is 0.466 e. The molecule has 2 saturated carbocycles. The molecule has 136 valence electrons. The first-order valence-electron chi connectivity index (χ1n) is 9.87. The standard InChI is InChI=1S/C19H30FNO3/c1-2-23-19(22)17-14-9-12-7-8-21-15(12)10-16(14)24-18(17)11-3-5-13(20)6-4-11/h11-18,21H,2-10H2,1H3. The van der Waals surface area contributed by atoms with E-state index >= 15 is 0 Å². The minimum atomic E-state index is -0.672. The van der Waals surface area contributed by atoms with E-state index in [1.165, 1.54) is 6.42 Å². The number of fused-ring (bicyclic) bond motifs is 2. The number of hydrogen-bond donors (Lipinski definition) is 1. The van der Waals surface area contributed by atoms with Gasteiger partial charge < -0.3 is 14.8 Å². The van der Waals surface area contributed by atoms with Crippen molar-refractivity contribution in [3.05, 3.63) is 0 Å². The van der Waals surface area contributed by atoms with Crippen LogP contribution in [-0.2, 0) is 14.3 Å². The zero-order valence-corrected chi connectivity index (χ0v) is 14.6. The topological polar surface area (TPSA) is 47.6 Å². The Morgan fingerprint density at radius 3 is 2.71 bits per heavy atom. The molecule has 0 aromatic carbocycles. The first-order valence-corrected chi connectivity index (χ1v) is 9.87. The van der Waals surface area contributed by atoms with Gasteiger partial charge in [0.1, 0.15) is 6.17 Å². The van der Waals surface area contributed by atoms with Crippen LogP contribution in [0.1, 0.15) is 51.9 Å². The second kappa shape index (κ2) is 6.91. The second-order valence-corrected chi connectivity index (χ2v) is 8.17. The number of halogens is 1. The van der Waals surface area contributed by atoms with E-state index in [2.05, 4.69) is 5.32 Å². The zero-order chi connectivity index (χ0) is 16.7. The van der Waals surface area contributed by atoms with Crippen molar-refractivity contribution in [2.45, 2.75) is 76.3 Å². The van der Waals surface area contributed by atoms with Crippen molar-refractivity contribution < 1.29 is 18.7 Å². The van der Waals surface area contributed by atoms with E-state index in [1.54, 1.807) is 0 Å². The lowest BCUT2D eigenvalue weighted by Crippen LogP contribution is -2.42. The fourth-order valence-corrected chi connectivity index (χ4v) is 5.73. The third kappa shape index (κ3) is 2.98. The molecule has 2 heterocycles. The predicted octanol–water partition coefficient (Wildman–Crippen LogP) is 2.85. The third-order valence-corrected chi connectivity index (χ3v) is 6.90. The maximum Gasteiger partial charge on any atom is 0.311 e. The van der Waals surface area contributed by atoms with Crippen LogP contribution >= 0.6 is 0 Å². The number of hydrogen-bond acceptors (Lipinski definition) is 4. The SMILES string of the molecule is CCOC(=O)C1C2CC3CCNC3CC2OC1C1CCC(F)CC1. The summed E-state index contributed by atoms with van der Waals surface area (Å²) in [6.45, 7) is 3.37. The average Bonchev–Trinajstić information content (AvgIpc) is 3.16. The van der Waals surface area contributed by atoms with Gasteiger partial charge in [0.15, 0.2) is 0 Å². The molecule has 0 spiro atoms. The normalized spacial score (nSPS) is 47.9. The van der Waals surface area contributed by atoms with E-state index in [1.807, 2.05) is 6.92 Å². The highest BCUT2D eigenvalue weighted by molar-refractivity contribution is 5.74. The van der Waals surface area contributed by atoms with E-state index in [0.717, 1.165) is 32.2 Å². The van der Waals surface area contributed by atoms with Gasteiger partial charge in [0.2, 0.25) is 0 Å². The second-order valence-electron chi connectivity index (χ2n) is 8.17. The lowest BCUT2D eigenvalue weighted by atomic mass is 9.69. The summed E-state index contributed by atoms with van der Waals surface area (Å²) in [7, 11) is 0. The van der Waals surface area contributed by atoms with Gasteiger partial charge in [-0.05, 0) is 70.3 Å². The van der Waals surface area contributed by atoms with Gasteiger partial charge in [0, 0.05) is 12.0 Å². The summed E-state index contributed by atoms with van der Waals surface area (Å²) in [4.78, 5) is 12.7. The van der Waals surface area contributed by atoms with Crippen LogP contribution in [0, 0.1) is 23.7 Å². The molecule has 24 heavy (non-hydrogen) atoms. The van der Waals surface area contributed by atoms with E-state index in [-0.39, 0.29) is 24.1 Å². The van der Waals surface area contributed by atoms with Gasteiger partial charge in [0.05, 0.1) is 24.7 Å². The van der Waals surface area contributed by atoms with E-state index < -0.39 is 6.17 Å². The number of esters is 1. The Labute approximate surface area is 143 Å². The molecule has 1 N–H and O–H groups in total. The highest BCUT2D eigenvalue weighted by atomic mass is 19.1. The summed E-state index contributed by atoms with van der Waals surface area (Å²) >= 11 is 0. The number of ether oxygens (including phenoxy) is 2. The van der Waals surface area contributed by atoms with Crippen LogP contribution < -0.4 is 5.32 Å². The molecule has 0 aromatic heterocycles. The first-order chi connectivity index (χ1) is 11.7. The molecule has 2 saturated heterocycles. The van der Waals surface area contributed by atoms with Crippen molar-refractivity contribution in [1.82, 2.24) is 5.32 Å². The Morgan fingerprint density at radius 1 is 1.17 bits per heavy atom. The Hall–Kier alpha value is -0.680. The van der Waals surface area contributed by atoms with Crippen molar-refractivity contribution in [2.75, 3.05) is 13.2 Å². The highest BCUT2D eigenvalue weighted by Gasteiger charge is 2.55. The summed E-state index contributed by atoms with van der Waals surface area (Å²) in [5.74, 6) is 1.05. The van der Waals surface area contributed by atoms with Gasteiger partial charge in [-0.25, -0.2) is 4.39 Å². The highest BCUT2D eigenvalue weighted by Crippen LogP contribution is 2.49. The van der Waals surface area contributed by atoms with Gasteiger partial charge in [-0.2, -0.15) is 0 Å². The number of carbonyl (C=O) groups excluding carboxylic acids is 1. The number of carbonyl (C=O) groups is 1. The summed E-state index contributed by atoms with van der Waals surface area (Å²) in [6, 6.07) is 0.550. The van der Waals surface area contributed by atoms with Gasteiger partial charge >= 0.3 is 5.97 Å². The molecular formula is C19H30FNO3. The fraction of sp³-hybridized carbons (Fsp3) is 0.947. The van der Waals surface area contributed by atoms with Gasteiger partial charge in [0.25, 0.3) is 0 Å². The van der Waals surface area contributed by atoms with Crippen molar-refractivity contribution >= 4 is 5.97 Å². The molecular weight excluding hydrogens is 309 g/mol. The van der Waals surface area contributed by atoms with E-state index in [4.69, 9.17) is 9.47 Å². The fourth-order valence-electron chi connectivity index (χ4n) is 5.73. The summed E-state index contributed by atoms with van der Waals surface area (Å²) in [6.07, 6.45) is 5.63. The molecule has 0 amide bonds. The zero-order valence-electron chi connectivity index (χ0n) is 14.6. The smallest absolute Gasteiger partial charge is 0.311 e. The molecule has 4 fully saturated rings. The molecule has 2 aliphatic heterocycles. The molecule has 0 bridgehead atoms.